The van der Waals surface area contributed by atoms with Gasteiger partial charge in [0.2, 0.25) is 5.88 Å². The summed E-state index contributed by atoms with van der Waals surface area (Å²) in [5, 5.41) is 8.99. The number of carbonyl (C=O) groups excluding carboxylic acids is 2. The first-order valence-corrected chi connectivity index (χ1v) is 11.0. The van der Waals surface area contributed by atoms with Crippen LogP contribution in [0.1, 0.15) is 41.6 Å². The second kappa shape index (κ2) is 8.46. The molecule has 2 unspecified atom stereocenters. The van der Waals surface area contributed by atoms with Crippen molar-refractivity contribution in [1.29, 1.82) is 0 Å². The van der Waals surface area contributed by atoms with Gasteiger partial charge in [0, 0.05) is 36.2 Å². The predicted molar refractivity (Wildman–Crippen MR) is 114 cm³/mol. The van der Waals surface area contributed by atoms with Crippen LogP contribution in [0.25, 0.3) is 0 Å². The van der Waals surface area contributed by atoms with E-state index in [9.17, 15) is 18.8 Å². The van der Waals surface area contributed by atoms with Crippen molar-refractivity contribution in [2.75, 3.05) is 18.1 Å². The van der Waals surface area contributed by atoms with Crippen LogP contribution >= 0.6 is 0 Å². The van der Waals surface area contributed by atoms with Gasteiger partial charge in [0.1, 0.15) is 11.6 Å². The second-order valence-corrected chi connectivity index (χ2v) is 8.79. The molecule has 2 fully saturated rings. The molecule has 1 saturated heterocycles. The molecule has 2 atom stereocenters. The molecular formula is C24H23FN2O6. The normalized spacial score (nSPS) is 21.9. The fourth-order valence-corrected chi connectivity index (χ4v) is 4.33. The lowest BCUT2D eigenvalue weighted by atomic mass is 10.0. The zero-order valence-electron chi connectivity index (χ0n) is 17.8. The number of carbonyl (C=O) groups is 3. The minimum Gasteiger partial charge on any atom is -0.481 e. The lowest BCUT2D eigenvalue weighted by molar-refractivity contribution is -0.137. The fourth-order valence-electron chi connectivity index (χ4n) is 4.33. The van der Waals surface area contributed by atoms with E-state index in [1.54, 1.807) is 12.1 Å². The van der Waals surface area contributed by atoms with Crippen LogP contribution in [0, 0.1) is 17.7 Å². The maximum Gasteiger partial charge on any atom is 0.304 e. The summed E-state index contributed by atoms with van der Waals surface area (Å²) in [6.07, 6.45) is 3.23. The zero-order chi connectivity index (χ0) is 23.1. The molecule has 2 aliphatic carbocycles. The summed E-state index contributed by atoms with van der Waals surface area (Å²) in [4.78, 5) is 42.1. The number of benzene rings is 1. The van der Waals surface area contributed by atoms with Crippen molar-refractivity contribution in [3.63, 3.8) is 0 Å². The van der Waals surface area contributed by atoms with Crippen LogP contribution in [0.3, 0.4) is 0 Å². The first-order valence-electron chi connectivity index (χ1n) is 11.0. The van der Waals surface area contributed by atoms with Gasteiger partial charge >= 0.3 is 5.97 Å². The van der Waals surface area contributed by atoms with Gasteiger partial charge in [-0.2, -0.15) is 0 Å². The quantitative estimate of drug-likeness (QED) is 0.654. The van der Waals surface area contributed by atoms with Gasteiger partial charge in [-0.1, -0.05) is 0 Å². The standard InChI is InChI=1S/C24H23FN2O6/c25-19-10-15(9-18-17(19)7-14(23(18)30)8-22(28)29)27-6-5-20(24(27)31)33-16-3-4-21(26-11-16)32-12-13-1-2-13/h3-4,9-11,13-14,20H,1-2,5-8,12H2,(H,28,29). The Kier molecular flexibility index (Phi) is 5.47. The van der Waals surface area contributed by atoms with Gasteiger partial charge in [0.15, 0.2) is 11.9 Å². The number of hydrogen-bond acceptors (Lipinski definition) is 6. The number of Topliss-reactive ketones (excluding diaryl/α,β-unsaturated/α-hetero) is 1. The van der Waals surface area contributed by atoms with Crippen LogP contribution in [0.2, 0.25) is 0 Å². The summed E-state index contributed by atoms with van der Waals surface area (Å²) in [5.74, 6) is -1.67. The number of rotatable bonds is 8. The summed E-state index contributed by atoms with van der Waals surface area (Å²) in [7, 11) is 0. The number of nitrogens with zero attached hydrogens (tertiary/aromatic N) is 2. The van der Waals surface area contributed by atoms with Crippen LogP contribution in [0.4, 0.5) is 10.1 Å². The van der Waals surface area contributed by atoms with Gasteiger partial charge < -0.3 is 19.5 Å². The number of ether oxygens (including phenoxy) is 2. The van der Waals surface area contributed by atoms with Crippen molar-refractivity contribution < 1.29 is 33.4 Å². The maximum atomic E-state index is 14.7. The van der Waals surface area contributed by atoms with Crippen LogP contribution in [-0.2, 0) is 16.0 Å². The minimum absolute atomic E-state index is 0.0552. The Bertz CT molecular complexity index is 1110. The van der Waals surface area contributed by atoms with E-state index >= 15 is 0 Å². The van der Waals surface area contributed by atoms with Gasteiger partial charge in [-0.25, -0.2) is 9.37 Å². The van der Waals surface area contributed by atoms with E-state index in [1.165, 1.54) is 36.1 Å². The minimum atomic E-state index is -1.10. The van der Waals surface area contributed by atoms with E-state index in [4.69, 9.17) is 14.6 Å². The lowest BCUT2D eigenvalue weighted by Gasteiger charge is -2.18. The summed E-state index contributed by atoms with van der Waals surface area (Å²) in [5.41, 5.74) is 0.637. The molecule has 1 aromatic carbocycles. The molecule has 1 saturated carbocycles. The number of halogens is 1. The van der Waals surface area contributed by atoms with Crippen LogP contribution in [0.15, 0.2) is 30.5 Å². The van der Waals surface area contributed by atoms with Gasteiger partial charge in [-0.3, -0.25) is 14.4 Å². The molecule has 5 rings (SSSR count). The van der Waals surface area contributed by atoms with Crippen molar-refractivity contribution in [2.24, 2.45) is 11.8 Å². The lowest BCUT2D eigenvalue weighted by Crippen LogP contribution is -2.32. The van der Waals surface area contributed by atoms with E-state index in [0.29, 0.717) is 37.1 Å². The number of anilines is 1. The summed E-state index contributed by atoms with van der Waals surface area (Å²) >= 11 is 0. The molecule has 172 valence electrons. The molecule has 2 heterocycles. The summed E-state index contributed by atoms with van der Waals surface area (Å²) in [6.45, 7) is 0.963. The summed E-state index contributed by atoms with van der Waals surface area (Å²) in [6, 6.07) is 6.10. The van der Waals surface area contributed by atoms with Gasteiger partial charge in [-0.05, 0) is 48.9 Å². The van der Waals surface area contributed by atoms with Crippen LogP contribution in [0.5, 0.6) is 11.6 Å². The average molecular weight is 454 g/mol. The molecule has 0 radical (unpaired) electrons. The number of fused-ring (bicyclic) bond motifs is 1. The first kappa shape index (κ1) is 21.4. The number of aliphatic carboxylic acids is 1. The molecule has 1 aliphatic heterocycles. The van der Waals surface area contributed by atoms with Crippen LogP contribution in [-0.4, -0.2) is 47.0 Å². The van der Waals surface area contributed by atoms with Crippen molar-refractivity contribution >= 4 is 23.3 Å². The van der Waals surface area contributed by atoms with Gasteiger partial charge in [0.05, 0.1) is 19.2 Å². The molecule has 1 aromatic heterocycles. The smallest absolute Gasteiger partial charge is 0.304 e. The Morgan fingerprint density at radius 3 is 2.73 bits per heavy atom. The molecule has 9 heteroatoms. The topological polar surface area (TPSA) is 106 Å². The van der Waals surface area contributed by atoms with Crippen molar-refractivity contribution in [2.45, 2.75) is 38.2 Å². The molecule has 1 N–H and O–H groups in total. The third-order valence-electron chi connectivity index (χ3n) is 6.31. The number of carboxylic acid groups (broad SMARTS) is 1. The van der Waals surface area contributed by atoms with Crippen LogP contribution < -0.4 is 14.4 Å². The monoisotopic (exact) mass is 454 g/mol. The van der Waals surface area contributed by atoms with E-state index in [2.05, 4.69) is 4.98 Å². The SMILES string of the molecule is O=C(O)CC1Cc2c(F)cc(N3CCC(Oc4ccc(OCC5CC5)nc4)C3=O)cc2C1=O. The largest absolute Gasteiger partial charge is 0.481 e. The van der Waals surface area contributed by atoms with Gasteiger partial charge in [0.25, 0.3) is 5.91 Å². The highest BCUT2D eigenvalue weighted by Gasteiger charge is 2.38. The van der Waals surface area contributed by atoms with E-state index in [0.717, 1.165) is 0 Å². The zero-order valence-corrected chi connectivity index (χ0v) is 17.8. The predicted octanol–water partition coefficient (Wildman–Crippen LogP) is 3.02. The molecule has 1 amide bonds. The van der Waals surface area contributed by atoms with E-state index < -0.39 is 29.6 Å². The van der Waals surface area contributed by atoms with Crippen molar-refractivity contribution in [1.82, 2.24) is 4.98 Å². The molecule has 33 heavy (non-hydrogen) atoms. The highest BCUT2D eigenvalue weighted by atomic mass is 19.1. The molecule has 2 aromatic rings. The molecular weight excluding hydrogens is 431 g/mol. The Morgan fingerprint density at radius 2 is 2.03 bits per heavy atom. The number of ketones is 1. The van der Waals surface area contributed by atoms with E-state index in [-0.39, 0.29) is 35.6 Å². The molecule has 8 nitrogen and oxygen atoms in total. The molecule has 0 bridgehead atoms. The Morgan fingerprint density at radius 1 is 1.21 bits per heavy atom. The molecule has 3 aliphatic rings. The number of carboxylic acids is 1. The highest BCUT2D eigenvalue weighted by Crippen LogP contribution is 2.36. The average Bonchev–Trinajstić information content (AvgIpc) is 3.48. The number of amides is 1. The number of pyridine rings is 1. The highest BCUT2D eigenvalue weighted by molar-refractivity contribution is 6.06. The molecule has 0 spiro atoms. The number of aromatic nitrogens is 1. The third kappa shape index (κ3) is 4.40. The first-order chi connectivity index (χ1) is 15.9. The van der Waals surface area contributed by atoms with Gasteiger partial charge in [-0.15, -0.1) is 0 Å². The van der Waals surface area contributed by atoms with E-state index in [1.807, 2.05) is 0 Å². The van der Waals surface area contributed by atoms with Crippen molar-refractivity contribution in [3.05, 3.63) is 47.4 Å². The third-order valence-corrected chi connectivity index (χ3v) is 6.31. The maximum absolute atomic E-state index is 14.7. The second-order valence-electron chi connectivity index (χ2n) is 8.79. The number of hydrogen-bond donors (Lipinski definition) is 1. The fraction of sp³-hybridized carbons (Fsp3) is 0.417. The Balaban J connectivity index is 1.26. The van der Waals surface area contributed by atoms with Crippen molar-refractivity contribution in [3.8, 4) is 11.6 Å². The Labute approximate surface area is 189 Å². The Hall–Kier alpha value is -3.49. The summed E-state index contributed by atoms with van der Waals surface area (Å²) < 4.78 is 26.1.